The van der Waals surface area contributed by atoms with Crippen molar-refractivity contribution in [2.75, 3.05) is 37.8 Å². The molecule has 1 rings (SSSR count). The molecule has 2 N–H and O–H groups in total. The van der Waals surface area contributed by atoms with Crippen molar-refractivity contribution >= 4 is 17.5 Å². The van der Waals surface area contributed by atoms with Gasteiger partial charge in [0.2, 0.25) is 5.91 Å². The highest BCUT2D eigenvalue weighted by Gasteiger charge is 2.14. The largest absolute Gasteiger partial charge is 0.370 e. The van der Waals surface area contributed by atoms with Gasteiger partial charge in [-0.1, -0.05) is 20.8 Å². The molecule has 0 unspecified atom stereocenters. The molecule has 0 atom stereocenters. The van der Waals surface area contributed by atoms with Gasteiger partial charge in [-0.3, -0.25) is 4.79 Å². The minimum absolute atomic E-state index is 0.104. The SMILES string of the molecule is CCCNc1ncnc(NCCC(=O)N(C)C)c1C(C)C. The highest BCUT2D eigenvalue weighted by atomic mass is 16.2. The van der Waals surface area contributed by atoms with Gasteiger partial charge in [0, 0.05) is 39.2 Å². The van der Waals surface area contributed by atoms with E-state index >= 15 is 0 Å². The van der Waals surface area contributed by atoms with Gasteiger partial charge >= 0.3 is 0 Å². The van der Waals surface area contributed by atoms with Crippen molar-refractivity contribution in [1.82, 2.24) is 14.9 Å². The predicted molar refractivity (Wildman–Crippen MR) is 86.7 cm³/mol. The number of rotatable bonds is 8. The molecule has 0 aromatic carbocycles. The maximum absolute atomic E-state index is 11.6. The number of hydrogen-bond acceptors (Lipinski definition) is 5. The lowest BCUT2D eigenvalue weighted by Gasteiger charge is -2.18. The minimum atomic E-state index is 0.104. The quantitative estimate of drug-likeness (QED) is 0.769. The molecule has 1 aromatic rings. The van der Waals surface area contributed by atoms with Gasteiger partial charge in [-0.05, 0) is 12.3 Å². The van der Waals surface area contributed by atoms with Gasteiger partial charge in [0.05, 0.1) is 0 Å². The lowest BCUT2D eigenvalue weighted by Crippen LogP contribution is -2.24. The maximum Gasteiger partial charge on any atom is 0.223 e. The Balaban J connectivity index is 2.78. The highest BCUT2D eigenvalue weighted by Crippen LogP contribution is 2.28. The summed E-state index contributed by atoms with van der Waals surface area (Å²) in [5.74, 6) is 2.10. The summed E-state index contributed by atoms with van der Waals surface area (Å²) >= 11 is 0. The van der Waals surface area contributed by atoms with Crippen molar-refractivity contribution in [3.63, 3.8) is 0 Å². The molecule has 6 nitrogen and oxygen atoms in total. The van der Waals surface area contributed by atoms with Crippen LogP contribution in [-0.4, -0.2) is 48.0 Å². The number of carbonyl (C=O) groups is 1. The summed E-state index contributed by atoms with van der Waals surface area (Å²) in [6.07, 6.45) is 3.05. The van der Waals surface area contributed by atoms with Crippen molar-refractivity contribution in [2.24, 2.45) is 0 Å². The summed E-state index contributed by atoms with van der Waals surface area (Å²) in [6.45, 7) is 7.81. The number of aromatic nitrogens is 2. The van der Waals surface area contributed by atoms with Crippen LogP contribution in [0.4, 0.5) is 11.6 Å². The van der Waals surface area contributed by atoms with Crippen LogP contribution in [0, 0.1) is 0 Å². The monoisotopic (exact) mass is 293 g/mol. The van der Waals surface area contributed by atoms with E-state index in [-0.39, 0.29) is 5.91 Å². The van der Waals surface area contributed by atoms with E-state index in [9.17, 15) is 4.79 Å². The normalized spacial score (nSPS) is 10.6. The van der Waals surface area contributed by atoms with Crippen molar-refractivity contribution in [3.8, 4) is 0 Å². The van der Waals surface area contributed by atoms with Crippen molar-refractivity contribution in [3.05, 3.63) is 11.9 Å². The first-order chi connectivity index (χ1) is 9.97. The maximum atomic E-state index is 11.6. The van der Waals surface area contributed by atoms with Crippen LogP contribution < -0.4 is 10.6 Å². The molecule has 1 aromatic heterocycles. The topological polar surface area (TPSA) is 70.1 Å². The van der Waals surface area contributed by atoms with Gasteiger partial charge in [0.15, 0.2) is 0 Å². The molecule has 1 heterocycles. The second-order valence-corrected chi connectivity index (χ2v) is 5.53. The average Bonchev–Trinajstić information content (AvgIpc) is 2.44. The second kappa shape index (κ2) is 8.44. The highest BCUT2D eigenvalue weighted by molar-refractivity contribution is 5.76. The van der Waals surface area contributed by atoms with E-state index in [0.29, 0.717) is 18.9 Å². The Kier molecular flexibility index (Phi) is 6.91. The van der Waals surface area contributed by atoms with Crippen molar-refractivity contribution in [2.45, 2.75) is 39.5 Å². The summed E-state index contributed by atoms with van der Waals surface area (Å²) in [5.41, 5.74) is 1.07. The third kappa shape index (κ3) is 5.21. The van der Waals surface area contributed by atoms with Crippen molar-refractivity contribution < 1.29 is 4.79 Å². The van der Waals surface area contributed by atoms with Crippen LogP contribution in [0.5, 0.6) is 0 Å². The molecule has 6 heteroatoms. The molecule has 0 aliphatic rings. The number of nitrogens with one attached hydrogen (secondary N) is 2. The van der Waals surface area contributed by atoms with E-state index in [0.717, 1.165) is 30.2 Å². The van der Waals surface area contributed by atoms with Crippen LogP contribution in [-0.2, 0) is 4.79 Å². The van der Waals surface area contributed by atoms with Crippen LogP contribution in [0.2, 0.25) is 0 Å². The number of amides is 1. The zero-order chi connectivity index (χ0) is 15.8. The van der Waals surface area contributed by atoms with Gasteiger partial charge in [-0.15, -0.1) is 0 Å². The Bertz CT molecular complexity index is 459. The first-order valence-corrected chi connectivity index (χ1v) is 7.50. The van der Waals surface area contributed by atoms with E-state index in [1.54, 1.807) is 25.3 Å². The molecule has 0 bridgehead atoms. The standard InChI is InChI=1S/C15H27N5O/c1-6-8-16-14-13(11(2)3)15(19-10-18-14)17-9-7-12(21)20(4)5/h10-11H,6-9H2,1-5H3,(H2,16,17,18,19). The van der Waals surface area contributed by atoms with E-state index in [2.05, 4.69) is 41.4 Å². The number of hydrogen-bond donors (Lipinski definition) is 2. The van der Waals surface area contributed by atoms with E-state index < -0.39 is 0 Å². The molecule has 0 aliphatic heterocycles. The molecule has 0 saturated carbocycles. The zero-order valence-electron chi connectivity index (χ0n) is 13.7. The first kappa shape index (κ1) is 17.2. The summed E-state index contributed by atoms with van der Waals surface area (Å²) in [6, 6.07) is 0. The fraction of sp³-hybridized carbons (Fsp3) is 0.667. The number of anilines is 2. The van der Waals surface area contributed by atoms with Crippen LogP contribution in [0.3, 0.4) is 0 Å². The fourth-order valence-corrected chi connectivity index (χ4v) is 1.98. The summed E-state index contributed by atoms with van der Waals surface area (Å²) in [7, 11) is 3.53. The second-order valence-electron chi connectivity index (χ2n) is 5.53. The van der Waals surface area contributed by atoms with Gasteiger partial charge in [-0.25, -0.2) is 9.97 Å². The van der Waals surface area contributed by atoms with Crippen molar-refractivity contribution in [1.29, 1.82) is 0 Å². The van der Waals surface area contributed by atoms with Crippen LogP contribution >= 0.6 is 0 Å². The summed E-state index contributed by atoms with van der Waals surface area (Å²) in [5, 5.41) is 6.59. The third-order valence-corrected chi connectivity index (χ3v) is 3.13. The number of carbonyl (C=O) groups excluding carboxylic acids is 1. The molecule has 0 saturated heterocycles. The fourth-order valence-electron chi connectivity index (χ4n) is 1.98. The van der Waals surface area contributed by atoms with Crippen LogP contribution in [0.25, 0.3) is 0 Å². The summed E-state index contributed by atoms with van der Waals surface area (Å²) in [4.78, 5) is 21.9. The van der Waals surface area contributed by atoms with E-state index in [1.807, 2.05) is 0 Å². The molecule has 0 spiro atoms. The van der Waals surface area contributed by atoms with E-state index in [1.165, 1.54) is 0 Å². The third-order valence-electron chi connectivity index (χ3n) is 3.13. The van der Waals surface area contributed by atoms with Crippen LogP contribution in [0.15, 0.2) is 6.33 Å². The smallest absolute Gasteiger partial charge is 0.223 e. The molecule has 118 valence electrons. The van der Waals surface area contributed by atoms with Gasteiger partial charge in [-0.2, -0.15) is 0 Å². The Morgan fingerprint density at radius 3 is 2.24 bits per heavy atom. The lowest BCUT2D eigenvalue weighted by atomic mass is 10.0. The predicted octanol–water partition coefficient (Wildman–Crippen LogP) is 2.31. The van der Waals surface area contributed by atoms with Gasteiger partial charge < -0.3 is 15.5 Å². The minimum Gasteiger partial charge on any atom is -0.370 e. The molecular formula is C15H27N5O. The molecular weight excluding hydrogens is 266 g/mol. The first-order valence-electron chi connectivity index (χ1n) is 7.50. The number of nitrogens with zero attached hydrogens (tertiary/aromatic N) is 3. The average molecular weight is 293 g/mol. The molecule has 0 radical (unpaired) electrons. The molecule has 1 amide bonds. The van der Waals surface area contributed by atoms with Gasteiger partial charge in [0.25, 0.3) is 0 Å². The van der Waals surface area contributed by atoms with Gasteiger partial charge in [0.1, 0.15) is 18.0 Å². The Labute approximate surface area is 127 Å². The molecule has 0 fully saturated rings. The Morgan fingerprint density at radius 1 is 1.19 bits per heavy atom. The van der Waals surface area contributed by atoms with Crippen LogP contribution in [0.1, 0.15) is 45.1 Å². The lowest BCUT2D eigenvalue weighted by molar-refractivity contribution is -0.128. The zero-order valence-corrected chi connectivity index (χ0v) is 13.7. The molecule has 21 heavy (non-hydrogen) atoms. The summed E-state index contributed by atoms with van der Waals surface area (Å²) < 4.78 is 0. The molecule has 0 aliphatic carbocycles. The Morgan fingerprint density at radius 2 is 1.76 bits per heavy atom. The van der Waals surface area contributed by atoms with E-state index in [4.69, 9.17) is 0 Å². The Hall–Kier alpha value is -1.85.